The van der Waals surface area contributed by atoms with E-state index in [0.29, 0.717) is 13.2 Å². The number of rotatable bonds is 6. The van der Waals surface area contributed by atoms with Crippen LogP contribution in [-0.2, 0) is 13.1 Å². The Kier molecular flexibility index (Phi) is 7.37. The Morgan fingerprint density at radius 1 is 1.20 bits per heavy atom. The lowest BCUT2D eigenvalue weighted by atomic mass is 10.2. The highest BCUT2D eigenvalue weighted by Gasteiger charge is 2.04. The minimum absolute atomic E-state index is 0. The molecule has 0 aliphatic rings. The SMILES string of the molecule is CCOc1ccc(Cl)cc1CNCc1ccccn1.Cl. The van der Waals surface area contributed by atoms with Crippen LogP contribution in [0.2, 0.25) is 5.02 Å². The molecule has 3 nitrogen and oxygen atoms in total. The fraction of sp³-hybridized carbons (Fsp3) is 0.267. The van der Waals surface area contributed by atoms with Gasteiger partial charge in [0.1, 0.15) is 5.75 Å². The van der Waals surface area contributed by atoms with Crippen LogP contribution in [0.5, 0.6) is 5.75 Å². The van der Waals surface area contributed by atoms with Crippen LogP contribution < -0.4 is 10.1 Å². The highest BCUT2D eigenvalue weighted by molar-refractivity contribution is 6.30. The highest BCUT2D eigenvalue weighted by atomic mass is 35.5. The number of pyridine rings is 1. The molecule has 1 N–H and O–H groups in total. The summed E-state index contributed by atoms with van der Waals surface area (Å²) in [5.74, 6) is 0.875. The van der Waals surface area contributed by atoms with Gasteiger partial charge in [0.2, 0.25) is 0 Å². The van der Waals surface area contributed by atoms with Crippen LogP contribution in [-0.4, -0.2) is 11.6 Å². The Balaban J connectivity index is 0.00000200. The van der Waals surface area contributed by atoms with E-state index in [1.54, 1.807) is 6.20 Å². The lowest BCUT2D eigenvalue weighted by Crippen LogP contribution is -2.14. The molecule has 0 aliphatic heterocycles. The third-order valence-corrected chi connectivity index (χ3v) is 2.91. The van der Waals surface area contributed by atoms with Crippen molar-refractivity contribution in [3.05, 3.63) is 58.9 Å². The van der Waals surface area contributed by atoms with Gasteiger partial charge >= 0.3 is 0 Å². The molecule has 0 radical (unpaired) electrons. The number of aromatic nitrogens is 1. The molecule has 0 saturated heterocycles. The van der Waals surface area contributed by atoms with Crippen molar-refractivity contribution in [2.75, 3.05) is 6.61 Å². The van der Waals surface area contributed by atoms with Crippen molar-refractivity contribution in [2.24, 2.45) is 0 Å². The molecule has 2 aromatic rings. The molecule has 0 atom stereocenters. The Morgan fingerprint density at radius 3 is 2.75 bits per heavy atom. The van der Waals surface area contributed by atoms with Gasteiger partial charge in [0.25, 0.3) is 0 Å². The van der Waals surface area contributed by atoms with Gasteiger partial charge in [0.05, 0.1) is 12.3 Å². The molecular formula is C15H18Cl2N2O. The summed E-state index contributed by atoms with van der Waals surface area (Å²) in [5.41, 5.74) is 2.08. The molecule has 0 amide bonds. The molecule has 1 aromatic carbocycles. The maximum Gasteiger partial charge on any atom is 0.123 e. The van der Waals surface area contributed by atoms with Crippen LogP contribution in [0, 0.1) is 0 Å². The molecular weight excluding hydrogens is 295 g/mol. The molecule has 0 fully saturated rings. The third kappa shape index (κ3) is 5.00. The summed E-state index contributed by atoms with van der Waals surface area (Å²) in [6.07, 6.45) is 1.79. The van der Waals surface area contributed by atoms with Crippen molar-refractivity contribution in [1.29, 1.82) is 0 Å². The number of halogens is 2. The molecule has 0 unspecified atom stereocenters. The van der Waals surface area contributed by atoms with Crippen molar-refractivity contribution in [3.8, 4) is 5.75 Å². The Bertz CT molecular complexity index is 521. The normalized spacial score (nSPS) is 9.90. The standard InChI is InChI=1S/C15H17ClN2O.ClH/c1-2-19-15-7-6-13(16)9-12(15)10-17-11-14-5-3-4-8-18-14;/h3-9,17H,2,10-11H2,1H3;1H. The molecule has 0 spiro atoms. The zero-order chi connectivity index (χ0) is 13.5. The van der Waals surface area contributed by atoms with E-state index in [4.69, 9.17) is 16.3 Å². The number of benzene rings is 1. The summed E-state index contributed by atoms with van der Waals surface area (Å²) in [6.45, 7) is 4.04. The van der Waals surface area contributed by atoms with Gasteiger partial charge in [-0.05, 0) is 37.3 Å². The van der Waals surface area contributed by atoms with E-state index in [2.05, 4.69) is 10.3 Å². The molecule has 0 bridgehead atoms. The molecule has 1 aromatic heterocycles. The van der Waals surface area contributed by atoms with Crippen LogP contribution in [0.25, 0.3) is 0 Å². The first-order valence-electron chi connectivity index (χ1n) is 6.31. The predicted octanol–water partition coefficient (Wildman–Crippen LogP) is 3.85. The number of ether oxygens (including phenoxy) is 1. The van der Waals surface area contributed by atoms with E-state index < -0.39 is 0 Å². The topological polar surface area (TPSA) is 34.1 Å². The first-order chi connectivity index (χ1) is 9.29. The predicted molar refractivity (Wildman–Crippen MR) is 84.6 cm³/mol. The van der Waals surface area contributed by atoms with E-state index >= 15 is 0 Å². The van der Waals surface area contributed by atoms with Gasteiger partial charge in [-0.2, -0.15) is 0 Å². The van der Waals surface area contributed by atoms with Gasteiger partial charge in [-0.3, -0.25) is 4.98 Å². The summed E-state index contributed by atoms with van der Waals surface area (Å²) < 4.78 is 5.58. The van der Waals surface area contributed by atoms with Crippen LogP contribution in [0.4, 0.5) is 0 Å². The second kappa shape index (κ2) is 8.80. The molecule has 108 valence electrons. The van der Waals surface area contributed by atoms with Gasteiger partial charge in [-0.1, -0.05) is 17.7 Å². The summed E-state index contributed by atoms with van der Waals surface area (Å²) in [4.78, 5) is 4.27. The van der Waals surface area contributed by atoms with E-state index in [-0.39, 0.29) is 12.4 Å². The van der Waals surface area contributed by atoms with E-state index in [1.807, 2.05) is 43.3 Å². The molecule has 20 heavy (non-hydrogen) atoms. The van der Waals surface area contributed by atoms with Crippen LogP contribution >= 0.6 is 24.0 Å². The molecule has 1 heterocycles. The summed E-state index contributed by atoms with van der Waals surface area (Å²) in [7, 11) is 0. The van der Waals surface area contributed by atoms with Crippen molar-refractivity contribution < 1.29 is 4.74 Å². The van der Waals surface area contributed by atoms with Gasteiger partial charge in [-0.25, -0.2) is 0 Å². The zero-order valence-corrected chi connectivity index (χ0v) is 12.9. The Morgan fingerprint density at radius 2 is 2.05 bits per heavy atom. The van der Waals surface area contributed by atoms with Crippen molar-refractivity contribution in [3.63, 3.8) is 0 Å². The second-order valence-corrected chi connectivity index (χ2v) is 4.55. The average Bonchev–Trinajstić information content (AvgIpc) is 2.43. The van der Waals surface area contributed by atoms with Gasteiger partial charge in [0.15, 0.2) is 0 Å². The number of hydrogen-bond donors (Lipinski definition) is 1. The summed E-state index contributed by atoms with van der Waals surface area (Å²) >= 11 is 6.02. The van der Waals surface area contributed by atoms with E-state index in [1.165, 1.54) is 0 Å². The monoisotopic (exact) mass is 312 g/mol. The smallest absolute Gasteiger partial charge is 0.123 e. The second-order valence-electron chi connectivity index (χ2n) is 4.11. The Hall–Kier alpha value is -1.29. The van der Waals surface area contributed by atoms with Crippen LogP contribution in [0.1, 0.15) is 18.2 Å². The van der Waals surface area contributed by atoms with E-state index in [9.17, 15) is 0 Å². The number of hydrogen-bond acceptors (Lipinski definition) is 3. The van der Waals surface area contributed by atoms with E-state index in [0.717, 1.165) is 28.6 Å². The maximum atomic E-state index is 6.02. The fourth-order valence-corrected chi connectivity index (χ4v) is 2.01. The molecule has 2 rings (SSSR count). The van der Waals surface area contributed by atoms with Crippen LogP contribution in [0.15, 0.2) is 42.6 Å². The van der Waals surface area contributed by atoms with Crippen molar-refractivity contribution in [2.45, 2.75) is 20.0 Å². The zero-order valence-electron chi connectivity index (χ0n) is 11.3. The minimum Gasteiger partial charge on any atom is -0.494 e. The molecule has 0 saturated carbocycles. The van der Waals surface area contributed by atoms with Crippen LogP contribution in [0.3, 0.4) is 0 Å². The van der Waals surface area contributed by atoms with Crippen molar-refractivity contribution >= 4 is 24.0 Å². The lowest BCUT2D eigenvalue weighted by molar-refractivity contribution is 0.335. The van der Waals surface area contributed by atoms with Gasteiger partial charge in [0, 0.05) is 29.9 Å². The third-order valence-electron chi connectivity index (χ3n) is 2.67. The van der Waals surface area contributed by atoms with Crippen molar-refractivity contribution in [1.82, 2.24) is 10.3 Å². The minimum atomic E-state index is 0. The summed E-state index contributed by atoms with van der Waals surface area (Å²) in [5, 5.41) is 4.06. The maximum absolute atomic E-state index is 6.02. The lowest BCUT2D eigenvalue weighted by Gasteiger charge is -2.11. The molecule has 0 aliphatic carbocycles. The average molecular weight is 313 g/mol. The van der Waals surface area contributed by atoms with Gasteiger partial charge in [-0.15, -0.1) is 12.4 Å². The molecule has 5 heteroatoms. The first-order valence-corrected chi connectivity index (χ1v) is 6.69. The van der Waals surface area contributed by atoms with Gasteiger partial charge < -0.3 is 10.1 Å². The quantitative estimate of drug-likeness (QED) is 0.880. The largest absolute Gasteiger partial charge is 0.494 e. The fourth-order valence-electron chi connectivity index (χ4n) is 1.81. The first kappa shape index (κ1) is 16.8. The number of nitrogens with one attached hydrogen (secondary N) is 1. The Labute approximate surface area is 130 Å². The number of nitrogens with zero attached hydrogens (tertiary/aromatic N) is 1. The highest BCUT2D eigenvalue weighted by Crippen LogP contribution is 2.22. The summed E-state index contributed by atoms with van der Waals surface area (Å²) in [6, 6.07) is 11.6.